The summed E-state index contributed by atoms with van der Waals surface area (Å²) in [6, 6.07) is 16.4. The van der Waals surface area contributed by atoms with Gasteiger partial charge in [0.2, 0.25) is 11.8 Å². The number of aryl methyl sites for hydroxylation is 2. The Hall–Kier alpha value is -3.72. The van der Waals surface area contributed by atoms with Crippen LogP contribution in [0.25, 0.3) is 0 Å². The third-order valence-corrected chi connectivity index (χ3v) is 6.28. The summed E-state index contributed by atoms with van der Waals surface area (Å²) >= 11 is 0. The lowest BCUT2D eigenvalue weighted by molar-refractivity contribution is -0.123. The minimum absolute atomic E-state index is 0.0294. The topological polar surface area (TPSA) is 104 Å². The van der Waals surface area contributed by atoms with Gasteiger partial charge in [0.1, 0.15) is 5.82 Å². The van der Waals surface area contributed by atoms with E-state index in [9.17, 15) is 22.4 Å². The molecule has 0 atom stereocenters. The van der Waals surface area contributed by atoms with Crippen LogP contribution in [0.3, 0.4) is 0 Å². The molecule has 0 bridgehead atoms. The Morgan fingerprint density at radius 2 is 1.45 bits per heavy atom. The molecule has 0 aliphatic carbocycles. The third kappa shape index (κ3) is 6.63. The van der Waals surface area contributed by atoms with Gasteiger partial charge in [-0.3, -0.25) is 14.3 Å². The summed E-state index contributed by atoms with van der Waals surface area (Å²) in [6.45, 7) is 3.62. The van der Waals surface area contributed by atoms with E-state index >= 15 is 0 Å². The Morgan fingerprint density at radius 3 is 2.06 bits per heavy atom. The van der Waals surface area contributed by atoms with E-state index in [-0.39, 0.29) is 29.7 Å². The average molecular weight is 470 g/mol. The van der Waals surface area contributed by atoms with Crippen LogP contribution in [0.4, 0.5) is 15.8 Å². The molecular weight excluding hydrogens is 445 g/mol. The number of carbonyl (C=O) groups excluding carboxylic acids is 2. The van der Waals surface area contributed by atoms with E-state index in [1.807, 2.05) is 32.0 Å². The van der Waals surface area contributed by atoms with Crippen molar-refractivity contribution in [2.45, 2.75) is 25.2 Å². The molecule has 0 saturated carbocycles. The van der Waals surface area contributed by atoms with Gasteiger partial charge in [0.15, 0.2) is 0 Å². The van der Waals surface area contributed by atoms with Crippen LogP contribution in [0.15, 0.2) is 71.6 Å². The van der Waals surface area contributed by atoms with Crippen LogP contribution in [0.1, 0.15) is 16.7 Å². The molecule has 7 nitrogen and oxygen atoms in total. The fourth-order valence-corrected chi connectivity index (χ4v) is 4.20. The molecule has 0 fully saturated rings. The number of halogens is 1. The molecular formula is C24H24FN3O4S. The van der Waals surface area contributed by atoms with E-state index in [0.717, 1.165) is 28.9 Å². The van der Waals surface area contributed by atoms with Gasteiger partial charge in [0.05, 0.1) is 17.9 Å². The van der Waals surface area contributed by atoms with E-state index in [1.165, 1.54) is 24.3 Å². The van der Waals surface area contributed by atoms with Crippen LogP contribution in [-0.4, -0.2) is 26.8 Å². The number of carbonyl (C=O) groups is 2. The number of para-hydroxylation sites is 1. The molecule has 0 unspecified atom stereocenters. The predicted molar refractivity (Wildman–Crippen MR) is 125 cm³/mol. The zero-order valence-corrected chi connectivity index (χ0v) is 19.0. The van der Waals surface area contributed by atoms with Gasteiger partial charge in [-0.25, -0.2) is 12.8 Å². The molecule has 2 amide bonds. The van der Waals surface area contributed by atoms with Gasteiger partial charge >= 0.3 is 0 Å². The first-order chi connectivity index (χ1) is 15.6. The van der Waals surface area contributed by atoms with E-state index in [1.54, 1.807) is 12.1 Å². The van der Waals surface area contributed by atoms with Gasteiger partial charge in [0, 0.05) is 11.4 Å². The molecule has 33 heavy (non-hydrogen) atoms. The quantitative estimate of drug-likeness (QED) is 0.469. The SMILES string of the molecule is Cc1cccc(C)c1NC(=O)CNC(=O)Cc1ccc(NS(=O)(=O)c2ccc(F)cc2)cc1. The second kappa shape index (κ2) is 10.3. The predicted octanol–water partition coefficient (Wildman–Crippen LogP) is 3.54. The van der Waals surface area contributed by atoms with Gasteiger partial charge in [-0.1, -0.05) is 30.3 Å². The Morgan fingerprint density at radius 1 is 0.848 bits per heavy atom. The molecule has 172 valence electrons. The lowest BCUT2D eigenvalue weighted by atomic mass is 10.1. The van der Waals surface area contributed by atoms with Crippen molar-refractivity contribution in [3.05, 3.63) is 89.2 Å². The summed E-state index contributed by atoms with van der Waals surface area (Å²) in [5.41, 5.74) is 3.55. The lowest BCUT2D eigenvalue weighted by Gasteiger charge is -2.12. The maximum atomic E-state index is 13.0. The van der Waals surface area contributed by atoms with Crippen LogP contribution in [-0.2, 0) is 26.0 Å². The number of anilines is 2. The maximum absolute atomic E-state index is 13.0. The van der Waals surface area contributed by atoms with Crippen molar-refractivity contribution < 1.29 is 22.4 Å². The number of nitrogens with one attached hydrogen (secondary N) is 3. The van der Waals surface area contributed by atoms with E-state index in [2.05, 4.69) is 15.4 Å². The van der Waals surface area contributed by atoms with Crippen LogP contribution in [0, 0.1) is 19.7 Å². The normalized spacial score (nSPS) is 11.0. The van der Waals surface area contributed by atoms with Crippen LogP contribution < -0.4 is 15.4 Å². The molecule has 0 aromatic heterocycles. The Kier molecular flexibility index (Phi) is 7.44. The molecule has 9 heteroatoms. The first kappa shape index (κ1) is 23.9. The molecule has 3 aromatic rings. The van der Waals surface area contributed by atoms with E-state index in [4.69, 9.17) is 0 Å². The van der Waals surface area contributed by atoms with Gasteiger partial charge in [-0.2, -0.15) is 0 Å². The number of hydrogen-bond acceptors (Lipinski definition) is 4. The number of amides is 2. The standard InChI is InChI=1S/C24H24FN3O4S/c1-16-4-3-5-17(2)24(16)27-23(30)15-26-22(29)14-18-6-10-20(11-7-18)28-33(31,32)21-12-8-19(25)9-13-21/h3-13,28H,14-15H2,1-2H3,(H,26,29)(H,27,30). The molecule has 0 radical (unpaired) electrons. The maximum Gasteiger partial charge on any atom is 0.261 e. The van der Waals surface area contributed by atoms with Crippen molar-refractivity contribution in [1.29, 1.82) is 0 Å². The Labute approximate surface area is 192 Å². The molecule has 0 aliphatic rings. The van der Waals surface area contributed by atoms with Gasteiger partial charge < -0.3 is 10.6 Å². The fourth-order valence-electron chi connectivity index (χ4n) is 3.14. The molecule has 3 N–H and O–H groups in total. The van der Waals surface area contributed by atoms with E-state index in [0.29, 0.717) is 11.3 Å². The first-order valence-electron chi connectivity index (χ1n) is 10.1. The summed E-state index contributed by atoms with van der Waals surface area (Å²) in [6.07, 6.45) is 0.0294. The molecule has 3 aromatic carbocycles. The number of sulfonamides is 1. The monoisotopic (exact) mass is 469 g/mol. The fraction of sp³-hybridized carbons (Fsp3) is 0.167. The van der Waals surface area contributed by atoms with Gasteiger partial charge in [-0.05, 0) is 66.9 Å². The highest BCUT2D eigenvalue weighted by Gasteiger charge is 2.14. The summed E-state index contributed by atoms with van der Waals surface area (Å²) in [4.78, 5) is 24.3. The molecule has 3 rings (SSSR count). The third-order valence-electron chi connectivity index (χ3n) is 4.89. The molecule has 0 aliphatic heterocycles. The van der Waals surface area contributed by atoms with Crippen molar-refractivity contribution in [3.63, 3.8) is 0 Å². The summed E-state index contributed by atoms with van der Waals surface area (Å²) < 4.78 is 40.1. The van der Waals surface area contributed by atoms with Crippen molar-refractivity contribution in [1.82, 2.24) is 5.32 Å². The minimum Gasteiger partial charge on any atom is -0.347 e. The highest BCUT2D eigenvalue weighted by atomic mass is 32.2. The number of hydrogen-bond donors (Lipinski definition) is 3. The van der Waals surface area contributed by atoms with Crippen molar-refractivity contribution in [2.75, 3.05) is 16.6 Å². The van der Waals surface area contributed by atoms with Crippen molar-refractivity contribution >= 4 is 33.2 Å². The molecule has 0 spiro atoms. The van der Waals surface area contributed by atoms with Crippen molar-refractivity contribution in [3.8, 4) is 0 Å². The van der Waals surface area contributed by atoms with Crippen LogP contribution in [0.2, 0.25) is 0 Å². The molecule has 0 heterocycles. The lowest BCUT2D eigenvalue weighted by Crippen LogP contribution is -2.34. The van der Waals surface area contributed by atoms with Gasteiger partial charge in [0.25, 0.3) is 10.0 Å². The Balaban J connectivity index is 1.51. The summed E-state index contributed by atoms with van der Waals surface area (Å²) in [5, 5.41) is 5.38. The zero-order valence-electron chi connectivity index (χ0n) is 18.2. The second-order valence-electron chi connectivity index (χ2n) is 7.52. The first-order valence-corrected chi connectivity index (χ1v) is 11.6. The van der Waals surface area contributed by atoms with Crippen LogP contribution in [0.5, 0.6) is 0 Å². The minimum atomic E-state index is -3.86. The smallest absolute Gasteiger partial charge is 0.261 e. The second-order valence-corrected chi connectivity index (χ2v) is 9.21. The Bertz CT molecular complexity index is 1240. The number of rotatable bonds is 8. The highest BCUT2D eigenvalue weighted by Crippen LogP contribution is 2.19. The zero-order chi connectivity index (χ0) is 24.0. The van der Waals surface area contributed by atoms with Crippen LogP contribution >= 0.6 is 0 Å². The number of benzene rings is 3. The molecule has 0 saturated heterocycles. The largest absolute Gasteiger partial charge is 0.347 e. The summed E-state index contributed by atoms with van der Waals surface area (Å²) in [7, 11) is -3.86. The highest BCUT2D eigenvalue weighted by molar-refractivity contribution is 7.92. The summed E-state index contributed by atoms with van der Waals surface area (Å²) in [5.74, 6) is -1.20. The van der Waals surface area contributed by atoms with Gasteiger partial charge in [-0.15, -0.1) is 0 Å². The van der Waals surface area contributed by atoms with E-state index < -0.39 is 15.8 Å². The average Bonchev–Trinajstić information content (AvgIpc) is 2.76. The van der Waals surface area contributed by atoms with Crippen molar-refractivity contribution in [2.24, 2.45) is 0 Å².